The summed E-state index contributed by atoms with van der Waals surface area (Å²) in [6.07, 6.45) is 0.0619. The highest BCUT2D eigenvalue weighted by atomic mass is 35.5. The fourth-order valence-electron chi connectivity index (χ4n) is 2.54. The SMILES string of the molecule is Cc1c(C(=O)N2CCOC(C)C2)oc2ccc(Cl)cc12. The molecule has 1 fully saturated rings. The molecule has 0 N–H and O–H groups in total. The first-order chi connectivity index (χ1) is 9.56. The molecule has 1 aliphatic rings. The molecule has 20 heavy (non-hydrogen) atoms. The van der Waals surface area contributed by atoms with Crippen LogP contribution in [0.5, 0.6) is 0 Å². The third-order valence-electron chi connectivity index (χ3n) is 3.62. The van der Waals surface area contributed by atoms with Crippen molar-refractivity contribution in [1.82, 2.24) is 4.90 Å². The molecule has 1 aromatic carbocycles. The van der Waals surface area contributed by atoms with E-state index in [4.69, 9.17) is 20.8 Å². The maximum absolute atomic E-state index is 12.6. The van der Waals surface area contributed by atoms with E-state index < -0.39 is 0 Å². The second-order valence-electron chi connectivity index (χ2n) is 5.13. The lowest BCUT2D eigenvalue weighted by molar-refractivity contribution is -0.0134. The number of furan rings is 1. The number of aryl methyl sites for hydroxylation is 1. The van der Waals surface area contributed by atoms with Crippen molar-refractivity contribution in [3.63, 3.8) is 0 Å². The maximum Gasteiger partial charge on any atom is 0.290 e. The quantitative estimate of drug-likeness (QED) is 0.810. The van der Waals surface area contributed by atoms with Gasteiger partial charge in [-0.05, 0) is 32.0 Å². The van der Waals surface area contributed by atoms with Gasteiger partial charge in [0, 0.05) is 29.1 Å². The molecule has 1 aliphatic heterocycles. The van der Waals surface area contributed by atoms with Crippen molar-refractivity contribution < 1.29 is 13.9 Å². The van der Waals surface area contributed by atoms with Crippen LogP contribution in [0.1, 0.15) is 23.0 Å². The smallest absolute Gasteiger partial charge is 0.290 e. The number of carbonyl (C=O) groups excluding carboxylic acids is 1. The van der Waals surface area contributed by atoms with Gasteiger partial charge >= 0.3 is 0 Å². The molecule has 106 valence electrons. The van der Waals surface area contributed by atoms with Crippen molar-refractivity contribution in [2.24, 2.45) is 0 Å². The zero-order valence-electron chi connectivity index (χ0n) is 11.5. The number of halogens is 1. The number of carbonyl (C=O) groups is 1. The van der Waals surface area contributed by atoms with Gasteiger partial charge in [0.15, 0.2) is 5.76 Å². The van der Waals surface area contributed by atoms with Gasteiger partial charge in [-0.2, -0.15) is 0 Å². The Balaban J connectivity index is 1.97. The Bertz CT molecular complexity index is 664. The van der Waals surface area contributed by atoms with Gasteiger partial charge < -0.3 is 14.1 Å². The summed E-state index contributed by atoms with van der Waals surface area (Å²) in [4.78, 5) is 14.3. The zero-order chi connectivity index (χ0) is 14.3. The Hall–Kier alpha value is -1.52. The number of ether oxygens (including phenoxy) is 1. The normalized spacial score (nSPS) is 19.6. The predicted molar refractivity (Wildman–Crippen MR) is 77.3 cm³/mol. The van der Waals surface area contributed by atoms with Crippen LogP contribution >= 0.6 is 11.6 Å². The first-order valence-electron chi connectivity index (χ1n) is 6.66. The highest BCUT2D eigenvalue weighted by Gasteiger charge is 2.27. The molecule has 0 radical (unpaired) electrons. The second kappa shape index (κ2) is 5.11. The van der Waals surface area contributed by atoms with Gasteiger partial charge in [0.25, 0.3) is 5.91 Å². The molecule has 0 aliphatic carbocycles. The van der Waals surface area contributed by atoms with Crippen LogP contribution in [-0.4, -0.2) is 36.6 Å². The molecule has 1 amide bonds. The molecule has 1 saturated heterocycles. The number of amides is 1. The fourth-order valence-corrected chi connectivity index (χ4v) is 2.72. The molecular formula is C15H16ClNO3. The zero-order valence-corrected chi connectivity index (χ0v) is 12.2. The van der Waals surface area contributed by atoms with E-state index in [1.165, 1.54) is 0 Å². The van der Waals surface area contributed by atoms with E-state index in [9.17, 15) is 4.79 Å². The standard InChI is InChI=1S/C15H16ClNO3/c1-9-8-17(5-6-19-9)15(18)14-10(2)12-7-11(16)3-4-13(12)20-14/h3-4,7,9H,5-6,8H2,1-2H3. The lowest BCUT2D eigenvalue weighted by atomic mass is 10.1. The van der Waals surface area contributed by atoms with Crippen molar-refractivity contribution in [2.45, 2.75) is 20.0 Å². The Morgan fingerprint density at radius 1 is 1.45 bits per heavy atom. The van der Waals surface area contributed by atoms with Crippen LogP contribution in [0.3, 0.4) is 0 Å². The second-order valence-corrected chi connectivity index (χ2v) is 5.57. The Kier molecular flexibility index (Phi) is 3.44. The lowest BCUT2D eigenvalue weighted by Crippen LogP contribution is -2.44. The maximum atomic E-state index is 12.6. The van der Waals surface area contributed by atoms with Gasteiger partial charge in [-0.3, -0.25) is 4.79 Å². The molecule has 2 aromatic rings. The molecule has 0 bridgehead atoms. The number of nitrogens with zero attached hydrogens (tertiary/aromatic N) is 1. The number of hydrogen-bond acceptors (Lipinski definition) is 3. The molecule has 1 atom stereocenters. The van der Waals surface area contributed by atoms with Gasteiger partial charge in [-0.15, -0.1) is 0 Å². The summed E-state index contributed by atoms with van der Waals surface area (Å²) in [5.41, 5.74) is 1.53. The van der Waals surface area contributed by atoms with E-state index >= 15 is 0 Å². The van der Waals surface area contributed by atoms with E-state index in [1.807, 2.05) is 19.9 Å². The van der Waals surface area contributed by atoms with Crippen LogP contribution < -0.4 is 0 Å². The molecule has 4 nitrogen and oxygen atoms in total. The van der Waals surface area contributed by atoms with E-state index in [0.717, 1.165) is 10.9 Å². The number of benzene rings is 1. The van der Waals surface area contributed by atoms with Crippen LogP contribution in [0, 0.1) is 6.92 Å². The summed E-state index contributed by atoms with van der Waals surface area (Å²) in [6.45, 7) is 5.61. The fraction of sp³-hybridized carbons (Fsp3) is 0.400. The molecular weight excluding hydrogens is 278 g/mol. The molecule has 0 spiro atoms. The van der Waals surface area contributed by atoms with Gasteiger partial charge in [0.2, 0.25) is 0 Å². The number of rotatable bonds is 1. The average molecular weight is 294 g/mol. The highest BCUT2D eigenvalue weighted by molar-refractivity contribution is 6.31. The number of hydrogen-bond donors (Lipinski definition) is 0. The first kappa shape index (κ1) is 13.5. The summed E-state index contributed by atoms with van der Waals surface area (Å²) in [7, 11) is 0. The van der Waals surface area contributed by atoms with Crippen LogP contribution in [0.4, 0.5) is 0 Å². The molecule has 3 rings (SSSR count). The summed E-state index contributed by atoms with van der Waals surface area (Å²) in [5, 5.41) is 1.53. The minimum Gasteiger partial charge on any atom is -0.451 e. The van der Waals surface area contributed by atoms with Crippen molar-refractivity contribution in [1.29, 1.82) is 0 Å². The van der Waals surface area contributed by atoms with E-state index in [0.29, 0.717) is 36.1 Å². The predicted octanol–water partition coefficient (Wildman–Crippen LogP) is 3.26. The summed E-state index contributed by atoms with van der Waals surface area (Å²) in [6, 6.07) is 5.38. The van der Waals surface area contributed by atoms with Gasteiger partial charge in [0.1, 0.15) is 5.58 Å². The summed E-state index contributed by atoms with van der Waals surface area (Å²) >= 11 is 5.99. The molecule has 1 unspecified atom stereocenters. The highest BCUT2D eigenvalue weighted by Crippen LogP contribution is 2.29. The first-order valence-corrected chi connectivity index (χ1v) is 7.03. The van der Waals surface area contributed by atoms with E-state index in [1.54, 1.807) is 17.0 Å². The molecule has 1 aromatic heterocycles. The van der Waals surface area contributed by atoms with Crippen molar-refractivity contribution in [3.05, 3.63) is 34.5 Å². The molecule has 2 heterocycles. The average Bonchev–Trinajstić information content (AvgIpc) is 2.75. The Morgan fingerprint density at radius 3 is 3.00 bits per heavy atom. The summed E-state index contributed by atoms with van der Waals surface area (Å²) < 4.78 is 11.2. The topological polar surface area (TPSA) is 42.7 Å². The largest absolute Gasteiger partial charge is 0.451 e. The van der Waals surface area contributed by atoms with Crippen LogP contribution in [0.25, 0.3) is 11.0 Å². The minimum absolute atomic E-state index is 0.0619. The van der Waals surface area contributed by atoms with E-state index in [-0.39, 0.29) is 12.0 Å². The Morgan fingerprint density at radius 2 is 2.25 bits per heavy atom. The van der Waals surface area contributed by atoms with E-state index in [2.05, 4.69) is 0 Å². The monoisotopic (exact) mass is 293 g/mol. The van der Waals surface area contributed by atoms with Crippen molar-refractivity contribution >= 4 is 28.5 Å². The van der Waals surface area contributed by atoms with Crippen molar-refractivity contribution in [3.8, 4) is 0 Å². The van der Waals surface area contributed by atoms with Crippen LogP contribution in [0.15, 0.2) is 22.6 Å². The number of fused-ring (bicyclic) bond motifs is 1. The minimum atomic E-state index is -0.0787. The van der Waals surface area contributed by atoms with Crippen LogP contribution in [-0.2, 0) is 4.74 Å². The third-order valence-corrected chi connectivity index (χ3v) is 3.86. The summed E-state index contributed by atoms with van der Waals surface area (Å²) in [5.74, 6) is 0.321. The third kappa shape index (κ3) is 2.30. The van der Waals surface area contributed by atoms with Gasteiger partial charge in [-0.1, -0.05) is 11.6 Å². The van der Waals surface area contributed by atoms with Gasteiger partial charge in [0.05, 0.1) is 12.7 Å². The Labute approximate surface area is 122 Å². The number of morpholine rings is 1. The molecule has 5 heteroatoms. The van der Waals surface area contributed by atoms with Crippen LogP contribution in [0.2, 0.25) is 5.02 Å². The van der Waals surface area contributed by atoms with Gasteiger partial charge in [-0.25, -0.2) is 0 Å². The lowest BCUT2D eigenvalue weighted by Gasteiger charge is -2.30. The molecule has 0 saturated carbocycles. The van der Waals surface area contributed by atoms with Crippen molar-refractivity contribution in [2.75, 3.05) is 19.7 Å².